The number of anilines is 2. The van der Waals surface area contributed by atoms with E-state index < -0.39 is 67.0 Å². The summed E-state index contributed by atoms with van der Waals surface area (Å²) in [6.07, 6.45) is 8.13. The first kappa shape index (κ1) is 74.1. The van der Waals surface area contributed by atoms with E-state index in [4.69, 9.17) is 28.9 Å². The third-order valence-corrected chi connectivity index (χ3v) is 21.1. The van der Waals surface area contributed by atoms with Gasteiger partial charge in [-0.15, -0.1) is 0 Å². The lowest BCUT2D eigenvalue weighted by Gasteiger charge is -2.45. The number of fused-ring (bicyclic) bond motifs is 5. The normalized spacial score (nSPS) is 16.5. The predicted octanol–water partition coefficient (Wildman–Crippen LogP) is 7.41. The molecule has 6 aromatic carbocycles. The molecule has 5 aliphatic rings. The van der Waals surface area contributed by atoms with Gasteiger partial charge < -0.3 is 70.2 Å². The zero-order valence-corrected chi connectivity index (χ0v) is 61.1. The van der Waals surface area contributed by atoms with Gasteiger partial charge in [0.05, 0.1) is 56.4 Å². The minimum atomic E-state index is -1.38. The molecule has 4 fully saturated rings. The van der Waals surface area contributed by atoms with Crippen molar-refractivity contribution in [2.75, 3.05) is 95.8 Å². The quantitative estimate of drug-likeness (QED) is 0.0141. The van der Waals surface area contributed by atoms with E-state index in [1.165, 1.54) is 4.90 Å². The van der Waals surface area contributed by atoms with Crippen LogP contribution in [0, 0.1) is 11.8 Å². The highest BCUT2D eigenvalue weighted by atomic mass is 16.6. The Bertz CT molecular complexity index is 4970. The first-order valence-corrected chi connectivity index (χ1v) is 37.0. The van der Waals surface area contributed by atoms with E-state index in [2.05, 4.69) is 76.8 Å². The number of hydrogen-bond acceptors (Lipinski definition) is 17. The molecule has 3 aromatic heterocycles. The van der Waals surface area contributed by atoms with Crippen molar-refractivity contribution >= 4 is 75.1 Å². The number of nitrogens with one attached hydrogen (secondary N) is 8. The molecule has 14 rings (SSSR count). The second kappa shape index (κ2) is 33.2. The van der Waals surface area contributed by atoms with Crippen molar-refractivity contribution in [1.29, 1.82) is 0 Å². The van der Waals surface area contributed by atoms with Gasteiger partial charge in [-0.05, 0) is 121 Å². The molecule has 26 heteroatoms. The van der Waals surface area contributed by atoms with Crippen LogP contribution in [-0.2, 0) is 57.3 Å². The number of aromatic nitrogens is 4. The number of pyridine rings is 1. The van der Waals surface area contributed by atoms with Gasteiger partial charge in [0.1, 0.15) is 37.2 Å². The topological polar surface area (TPSA) is 314 Å². The summed E-state index contributed by atoms with van der Waals surface area (Å²) in [4.78, 5) is 125. The molecule has 562 valence electrons. The molecule has 26 nitrogen and oxygen atoms in total. The molecular formula is C83H88N14O12. The number of methoxy groups -OCH3 is 1. The predicted molar refractivity (Wildman–Crippen MR) is 411 cm³/mol. The Balaban J connectivity index is 0.624. The van der Waals surface area contributed by atoms with Gasteiger partial charge in [0, 0.05) is 104 Å². The molecule has 6 heterocycles. The van der Waals surface area contributed by atoms with E-state index in [0.717, 1.165) is 107 Å². The van der Waals surface area contributed by atoms with Gasteiger partial charge in [-0.25, -0.2) is 19.6 Å². The Kier molecular flexibility index (Phi) is 22.5. The van der Waals surface area contributed by atoms with Crippen LogP contribution in [0.1, 0.15) is 91.3 Å². The van der Waals surface area contributed by atoms with E-state index >= 15 is 0 Å². The summed E-state index contributed by atoms with van der Waals surface area (Å²) < 4.78 is 26.6. The molecule has 3 aliphatic heterocycles. The van der Waals surface area contributed by atoms with Crippen LogP contribution in [0.5, 0.6) is 5.75 Å². The molecule has 8 N–H and O–H groups in total. The number of carbonyl (C=O) groups excluding carboxylic acids is 7. The molecule has 0 spiro atoms. The van der Waals surface area contributed by atoms with Gasteiger partial charge >= 0.3 is 12.1 Å². The fourth-order valence-corrected chi connectivity index (χ4v) is 15.1. The third-order valence-electron chi connectivity index (χ3n) is 21.1. The number of nitrogens with zero attached hydrogens (tertiary/aromatic N) is 6. The maximum Gasteiger partial charge on any atom is 0.407 e. The number of H-pyrrole nitrogens is 1. The van der Waals surface area contributed by atoms with Crippen LogP contribution in [-0.4, -0.2) is 176 Å². The Morgan fingerprint density at radius 2 is 1.41 bits per heavy atom. The fraction of sp³-hybridized carbons (Fsp3) is 0.349. The number of rotatable bonds is 27. The first-order chi connectivity index (χ1) is 53.0. The molecule has 2 aliphatic carbocycles. The van der Waals surface area contributed by atoms with Crippen molar-refractivity contribution < 1.29 is 52.5 Å². The van der Waals surface area contributed by atoms with Crippen molar-refractivity contribution in [2.45, 2.75) is 93.5 Å². The molecule has 109 heavy (non-hydrogen) atoms. The third kappa shape index (κ3) is 17.2. The number of benzene rings is 6. The Hall–Kier alpha value is -11.8. The Labute approximate surface area is 630 Å². The number of likely N-dealkylation sites (tertiary alicyclic amines) is 1. The van der Waals surface area contributed by atoms with Gasteiger partial charge in [-0.2, -0.15) is 0 Å². The highest BCUT2D eigenvalue weighted by molar-refractivity contribution is 6.06. The number of piperidine rings is 2. The van der Waals surface area contributed by atoms with Crippen molar-refractivity contribution in [3.63, 3.8) is 0 Å². The number of imide groups is 1. The number of hydrogen-bond donors (Lipinski definition) is 8. The summed E-state index contributed by atoms with van der Waals surface area (Å²) in [6, 6.07) is 46.8. The molecule has 0 bridgehead atoms. The minimum Gasteiger partial charge on any atom is -0.495 e. The van der Waals surface area contributed by atoms with Gasteiger partial charge in [-0.1, -0.05) is 127 Å². The van der Waals surface area contributed by atoms with Gasteiger partial charge in [0.2, 0.25) is 35.5 Å². The molecule has 9 aromatic rings. The van der Waals surface area contributed by atoms with Crippen LogP contribution in [0.25, 0.3) is 44.1 Å². The van der Waals surface area contributed by atoms with E-state index in [-0.39, 0.29) is 68.4 Å². The fourth-order valence-electron chi connectivity index (χ4n) is 15.1. The zero-order valence-electron chi connectivity index (χ0n) is 61.1. The average molecular weight is 1470 g/mol. The van der Waals surface area contributed by atoms with Crippen LogP contribution in [0.4, 0.5) is 21.2 Å². The first-order valence-electron chi connectivity index (χ1n) is 37.0. The highest BCUT2D eigenvalue weighted by Gasteiger charge is 2.45. The average Bonchev–Trinajstić information content (AvgIpc) is 1.24. The molecular weight excluding hydrogens is 1380 g/mol. The SMILES string of the molecule is COc1ccc(C#CCNC2(C)CCN(C3CCN(c4nc([C@@](COCNC(=O)CNC(=O)[C@H](Cc5ccccc5)NC(=O)CNC(=O)CNC(=O)OCC5c6ccccc6-c6ccccc65)(OC5CC5)c5ccccc5)c5cc(-c6cn(C)c(=O)c7[nH]ccc67)ccc5n4)CC3)CC2)cc1N1CCC(=O)NC1=O. The smallest absolute Gasteiger partial charge is 0.407 e. The Morgan fingerprint density at radius 3 is 2.14 bits per heavy atom. The summed E-state index contributed by atoms with van der Waals surface area (Å²) >= 11 is 0. The number of urea groups is 1. The van der Waals surface area contributed by atoms with Gasteiger partial charge in [-0.3, -0.25) is 39.0 Å². The van der Waals surface area contributed by atoms with Crippen molar-refractivity contribution in [3.05, 3.63) is 208 Å². The van der Waals surface area contributed by atoms with E-state index in [1.807, 2.05) is 121 Å². The molecule has 2 atom stereocenters. The van der Waals surface area contributed by atoms with Crippen molar-refractivity contribution in [1.82, 2.24) is 61.6 Å². The number of carbonyl (C=O) groups is 7. The summed E-state index contributed by atoms with van der Waals surface area (Å²) in [6.45, 7) is 4.39. The van der Waals surface area contributed by atoms with Crippen LogP contribution in [0.3, 0.4) is 0 Å². The van der Waals surface area contributed by atoms with E-state index in [1.54, 1.807) is 55.3 Å². The molecule has 0 unspecified atom stereocenters. The summed E-state index contributed by atoms with van der Waals surface area (Å²) in [5, 5.41) is 20.7. The number of amides is 8. The molecule has 1 saturated carbocycles. The lowest BCUT2D eigenvalue weighted by atomic mass is 9.87. The van der Waals surface area contributed by atoms with Crippen LogP contribution < -0.4 is 57.3 Å². The monoisotopic (exact) mass is 1470 g/mol. The number of aryl methyl sites for hydroxylation is 1. The molecule has 0 radical (unpaired) electrons. The largest absolute Gasteiger partial charge is 0.495 e. The molecule has 3 saturated heterocycles. The van der Waals surface area contributed by atoms with Crippen LogP contribution >= 0.6 is 0 Å². The molecule has 8 amide bonds. The second-order valence-electron chi connectivity index (χ2n) is 28.5. The van der Waals surface area contributed by atoms with Crippen LogP contribution in [0.15, 0.2) is 169 Å². The lowest BCUT2D eigenvalue weighted by Crippen LogP contribution is -2.55. The summed E-state index contributed by atoms with van der Waals surface area (Å²) in [5.41, 5.74) is 8.71. The lowest BCUT2D eigenvalue weighted by molar-refractivity contribution is -0.131. The Morgan fingerprint density at radius 1 is 0.716 bits per heavy atom. The van der Waals surface area contributed by atoms with Gasteiger partial charge in [0.25, 0.3) is 5.56 Å². The summed E-state index contributed by atoms with van der Waals surface area (Å²) in [5.74, 6) is 4.54. The van der Waals surface area contributed by atoms with Crippen LogP contribution in [0.2, 0.25) is 0 Å². The summed E-state index contributed by atoms with van der Waals surface area (Å²) in [7, 11) is 3.27. The number of ether oxygens (including phenoxy) is 4. The number of alkyl carbamates (subject to hydrolysis) is 1. The second-order valence-corrected chi connectivity index (χ2v) is 28.5. The number of aromatic amines is 1. The van der Waals surface area contributed by atoms with Crippen molar-refractivity contribution in [2.24, 2.45) is 7.05 Å². The standard InChI is InChI=1S/C83H88N14O12/c1-82(89-36-14-17-54-24-29-70(106-3)69(44-54)97-40-33-71(98)92-80(97)104)34-41-95(42-35-82)57-31-38-96(39-32-57)79-91-67-28-25-55(65-49-94(2)78(103)75-63(65)30-37-84-75)45-64(67)76(93-79)83(109-58-26-27-58,56-18-8-5-9-19-56)51-107-52-88-73(100)46-86-77(102)68(43-53-15-6-4-7-16-53)90-74(101)48-85-72(99)47-87-81(105)108-50-66-61-22-12-10-20-59(61)60-21-11-13-23-62(60)66/h4-13,15-16,18-25,28-30,37,44-45,49,57-58,66,68,84,89H,26-27,31-36,38-43,46-48,50-52H2,1-3H3,(H,85,99)(H,86,102)(H,87,105)(H,88,100)(H,90,101)(H,92,98,104)/t68-,83-/m0/s1. The maximum atomic E-state index is 14.0. The van der Waals surface area contributed by atoms with E-state index in [9.17, 15) is 38.4 Å². The maximum absolute atomic E-state index is 14.0. The van der Waals surface area contributed by atoms with E-state index in [0.29, 0.717) is 65.2 Å². The highest BCUT2D eigenvalue weighted by Crippen LogP contribution is 2.46. The minimum absolute atomic E-state index is 0.0560. The van der Waals surface area contributed by atoms with Crippen molar-refractivity contribution in [3.8, 4) is 39.8 Å². The zero-order chi connectivity index (χ0) is 75.6. The van der Waals surface area contributed by atoms with Gasteiger partial charge in [0.15, 0.2) is 5.60 Å².